The van der Waals surface area contributed by atoms with Gasteiger partial charge in [0, 0.05) is 25.7 Å². The van der Waals surface area contributed by atoms with E-state index in [9.17, 15) is 43.2 Å². The highest BCUT2D eigenvalue weighted by molar-refractivity contribution is 7.47. The number of ether oxygens (including phenoxy) is 4. The van der Waals surface area contributed by atoms with E-state index in [4.69, 9.17) is 37.0 Å². The van der Waals surface area contributed by atoms with E-state index in [1.54, 1.807) is 0 Å². The fourth-order valence-corrected chi connectivity index (χ4v) is 15.0. The number of unbranched alkanes of at least 4 members (excludes halogenated alkanes) is 54. The average molecular weight is 1540 g/mol. The van der Waals surface area contributed by atoms with Gasteiger partial charge in [0.05, 0.1) is 26.4 Å². The van der Waals surface area contributed by atoms with Crippen LogP contribution in [-0.2, 0) is 65.4 Å². The first-order chi connectivity index (χ1) is 50.9. The molecule has 0 fully saturated rings. The van der Waals surface area contributed by atoms with Crippen LogP contribution >= 0.6 is 15.6 Å². The molecule has 0 heterocycles. The van der Waals surface area contributed by atoms with E-state index in [0.717, 1.165) is 102 Å². The van der Waals surface area contributed by atoms with Crippen LogP contribution in [0.15, 0.2) is 0 Å². The topological polar surface area (TPSA) is 237 Å². The number of phosphoric ester groups is 2. The Morgan fingerprint density at radius 3 is 0.724 bits per heavy atom. The molecule has 0 saturated carbocycles. The van der Waals surface area contributed by atoms with E-state index in [1.807, 2.05) is 0 Å². The minimum atomic E-state index is -4.97. The molecule has 105 heavy (non-hydrogen) atoms. The summed E-state index contributed by atoms with van der Waals surface area (Å²) in [5.74, 6) is -0.517. The molecule has 3 N–H and O–H groups in total. The lowest BCUT2D eigenvalue weighted by Crippen LogP contribution is -2.30. The average Bonchev–Trinajstić information content (AvgIpc) is 0.906. The van der Waals surface area contributed by atoms with Crippen molar-refractivity contribution in [2.24, 2.45) is 11.8 Å². The standard InChI is InChI=1S/C86H168O17P2/c1-7-10-12-14-16-18-20-22-24-25-26-27-28-32-37-41-45-53-59-65-71-85(90)102-81(74-96-83(88)68-62-56-50-43-39-35-33-29-31-34-38-42-48-54-60-66-78(4)5)76-100-104(92,93)98-72-80(87)73-99-105(94,95)101-77-82(75-97-84(89)69-63-57-51-47-46-49-55-61-67-79(6)9-3)103-86(91)70-64-58-52-44-40-36-30-23-21-19-17-15-13-11-8-2/h78-82,87H,7-77H2,1-6H3,(H,92,93)(H,94,95)/t79?,80-,81-,82-/m1/s1. The first-order valence-electron chi connectivity index (χ1n) is 44.5. The van der Waals surface area contributed by atoms with Crippen LogP contribution in [-0.4, -0.2) is 96.7 Å². The highest BCUT2D eigenvalue weighted by Gasteiger charge is 2.30. The van der Waals surface area contributed by atoms with Gasteiger partial charge in [0.25, 0.3) is 0 Å². The summed E-state index contributed by atoms with van der Waals surface area (Å²) >= 11 is 0. The van der Waals surface area contributed by atoms with Crippen molar-refractivity contribution >= 4 is 39.5 Å². The zero-order chi connectivity index (χ0) is 77.1. The third kappa shape index (κ3) is 78.5. The zero-order valence-electron chi connectivity index (χ0n) is 69.0. The maximum Gasteiger partial charge on any atom is 0.472 e. The summed E-state index contributed by atoms with van der Waals surface area (Å²) in [6, 6.07) is 0. The Labute approximate surface area is 645 Å². The van der Waals surface area contributed by atoms with Gasteiger partial charge in [0.1, 0.15) is 19.3 Å². The van der Waals surface area contributed by atoms with Crippen LogP contribution in [0.5, 0.6) is 0 Å². The van der Waals surface area contributed by atoms with Crippen molar-refractivity contribution in [1.82, 2.24) is 0 Å². The summed E-state index contributed by atoms with van der Waals surface area (Å²) < 4.78 is 68.9. The van der Waals surface area contributed by atoms with Crippen LogP contribution in [0.3, 0.4) is 0 Å². The number of carbonyl (C=O) groups is 4. The third-order valence-corrected chi connectivity index (χ3v) is 22.5. The normalized spacial score (nSPS) is 14.1. The Kier molecular flexibility index (Phi) is 76.0. The number of phosphoric acid groups is 2. The molecule has 3 unspecified atom stereocenters. The van der Waals surface area contributed by atoms with Gasteiger partial charge in [-0.1, -0.05) is 408 Å². The number of carbonyl (C=O) groups excluding carboxylic acids is 4. The number of hydrogen-bond acceptors (Lipinski definition) is 15. The maximum atomic E-state index is 13.2. The Morgan fingerprint density at radius 1 is 0.276 bits per heavy atom. The number of aliphatic hydroxyl groups excluding tert-OH is 1. The Bertz CT molecular complexity index is 2010. The molecule has 0 aromatic heterocycles. The molecule has 0 aromatic rings. The van der Waals surface area contributed by atoms with Gasteiger partial charge >= 0.3 is 39.5 Å². The first kappa shape index (κ1) is 103. The van der Waals surface area contributed by atoms with Gasteiger partial charge in [-0.25, -0.2) is 9.13 Å². The van der Waals surface area contributed by atoms with E-state index in [0.29, 0.717) is 25.7 Å². The van der Waals surface area contributed by atoms with Crippen molar-refractivity contribution in [2.45, 2.75) is 477 Å². The lowest BCUT2D eigenvalue weighted by atomic mass is 9.99. The highest BCUT2D eigenvalue weighted by Crippen LogP contribution is 2.45. The van der Waals surface area contributed by atoms with Gasteiger partial charge in [-0.2, -0.15) is 0 Å². The third-order valence-electron chi connectivity index (χ3n) is 20.6. The summed E-state index contributed by atoms with van der Waals surface area (Å²) in [6.45, 7) is 9.71. The summed E-state index contributed by atoms with van der Waals surface area (Å²) in [6.07, 6.45) is 69.3. The summed E-state index contributed by atoms with van der Waals surface area (Å²) in [5, 5.41) is 10.7. The van der Waals surface area contributed by atoms with E-state index in [1.165, 1.54) is 276 Å². The fourth-order valence-electron chi connectivity index (χ4n) is 13.4. The zero-order valence-corrected chi connectivity index (χ0v) is 70.8. The van der Waals surface area contributed by atoms with Crippen LogP contribution in [0.2, 0.25) is 0 Å². The van der Waals surface area contributed by atoms with E-state index in [2.05, 4.69) is 41.5 Å². The van der Waals surface area contributed by atoms with Crippen LogP contribution in [0.25, 0.3) is 0 Å². The minimum absolute atomic E-state index is 0.108. The predicted molar refractivity (Wildman–Crippen MR) is 432 cm³/mol. The second kappa shape index (κ2) is 77.4. The summed E-state index contributed by atoms with van der Waals surface area (Å²) in [5.41, 5.74) is 0. The molecule has 19 heteroatoms. The summed E-state index contributed by atoms with van der Waals surface area (Å²) in [4.78, 5) is 73.3. The molecule has 0 saturated heterocycles. The van der Waals surface area contributed by atoms with E-state index in [-0.39, 0.29) is 25.7 Å². The molecule has 0 aliphatic heterocycles. The largest absolute Gasteiger partial charge is 0.472 e. The monoisotopic (exact) mass is 1540 g/mol. The fraction of sp³-hybridized carbons (Fsp3) is 0.953. The SMILES string of the molecule is CCCCCCCCCCCCCCCCCCCCCCC(=O)O[C@H](COC(=O)CCCCCCCCCCCCCCCCCC(C)C)COP(=O)(O)OC[C@@H](O)COP(=O)(O)OC[C@@H](COC(=O)CCCCCCCCCCC(C)CC)OC(=O)CCCCCCCCCCCCCCCCC. The molecule has 0 amide bonds. The number of rotatable bonds is 85. The molecule has 624 valence electrons. The van der Waals surface area contributed by atoms with Crippen molar-refractivity contribution in [1.29, 1.82) is 0 Å². The Balaban J connectivity index is 5.26. The van der Waals surface area contributed by atoms with Gasteiger partial charge < -0.3 is 33.8 Å². The Morgan fingerprint density at radius 2 is 0.486 bits per heavy atom. The van der Waals surface area contributed by atoms with Gasteiger partial charge in [-0.3, -0.25) is 37.3 Å². The van der Waals surface area contributed by atoms with Crippen LogP contribution in [0, 0.1) is 11.8 Å². The predicted octanol–water partition coefficient (Wildman–Crippen LogP) is 26.2. The second-order valence-corrected chi connectivity index (χ2v) is 34.6. The second-order valence-electron chi connectivity index (χ2n) is 31.6. The van der Waals surface area contributed by atoms with Crippen molar-refractivity contribution in [3.8, 4) is 0 Å². The molecule has 0 aliphatic carbocycles. The molecular formula is C86H168O17P2. The van der Waals surface area contributed by atoms with Crippen molar-refractivity contribution < 1.29 is 80.2 Å². The molecule has 0 aromatic carbocycles. The molecule has 17 nitrogen and oxygen atoms in total. The highest BCUT2D eigenvalue weighted by atomic mass is 31.2. The number of aliphatic hydroxyl groups is 1. The van der Waals surface area contributed by atoms with Crippen LogP contribution in [0.4, 0.5) is 0 Å². The molecule has 0 aliphatic rings. The molecule has 0 rings (SSSR count). The molecular weight excluding hydrogens is 1370 g/mol. The van der Waals surface area contributed by atoms with Crippen LogP contribution < -0.4 is 0 Å². The number of esters is 4. The van der Waals surface area contributed by atoms with Gasteiger partial charge in [0.15, 0.2) is 12.2 Å². The van der Waals surface area contributed by atoms with Crippen molar-refractivity contribution in [2.75, 3.05) is 39.6 Å². The smallest absolute Gasteiger partial charge is 0.462 e. The minimum Gasteiger partial charge on any atom is -0.462 e. The first-order valence-corrected chi connectivity index (χ1v) is 47.5. The van der Waals surface area contributed by atoms with Crippen molar-refractivity contribution in [3.63, 3.8) is 0 Å². The molecule has 0 spiro atoms. The summed E-state index contributed by atoms with van der Waals surface area (Å²) in [7, 11) is -9.93. The molecule has 6 atom stereocenters. The van der Waals surface area contributed by atoms with Gasteiger partial charge in [0.2, 0.25) is 0 Å². The van der Waals surface area contributed by atoms with Gasteiger partial charge in [-0.15, -0.1) is 0 Å². The molecule has 0 bridgehead atoms. The molecule has 0 radical (unpaired) electrons. The lowest BCUT2D eigenvalue weighted by molar-refractivity contribution is -0.161. The maximum absolute atomic E-state index is 13.2. The van der Waals surface area contributed by atoms with Gasteiger partial charge in [-0.05, 0) is 37.5 Å². The quantitative estimate of drug-likeness (QED) is 0.0222. The van der Waals surface area contributed by atoms with E-state index >= 15 is 0 Å². The van der Waals surface area contributed by atoms with Crippen LogP contribution in [0.1, 0.15) is 459 Å². The lowest BCUT2D eigenvalue weighted by Gasteiger charge is -2.21. The Hall–Kier alpha value is -1.94. The van der Waals surface area contributed by atoms with Crippen molar-refractivity contribution in [3.05, 3.63) is 0 Å². The van der Waals surface area contributed by atoms with E-state index < -0.39 is 97.5 Å². The number of hydrogen-bond donors (Lipinski definition) is 3.